The predicted molar refractivity (Wildman–Crippen MR) is 129 cm³/mol. The van der Waals surface area contributed by atoms with Gasteiger partial charge in [-0.2, -0.15) is 0 Å². The molecule has 0 N–H and O–H groups in total. The van der Waals surface area contributed by atoms with Crippen LogP contribution in [0.15, 0.2) is 52.4 Å². The number of rotatable bonds is 5. The van der Waals surface area contributed by atoms with Gasteiger partial charge in [-0.1, -0.05) is 22.3 Å². The molecule has 0 atom stereocenters. The smallest absolute Gasteiger partial charge is 0.282 e. The number of thioether (sulfide) groups is 1. The maximum atomic E-state index is 5.42. The van der Waals surface area contributed by atoms with Crippen LogP contribution in [0.4, 0.5) is 5.69 Å². The van der Waals surface area contributed by atoms with Crippen molar-refractivity contribution >= 4 is 56.3 Å². The Labute approximate surface area is 189 Å². The van der Waals surface area contributed by atoms with Crippen LogP contribution in [0.2, 0.25) is 0 Å². The van der Waals surface area contributed by atoms with Crippen LogP contribution in [0.1, 0.15) is 19.7 Å². The van der Waals surface area contributed by atoms with Crippen LogP contribution in [-0.4, -0.2) is 27.8 Å². The average molecular weight is 451 g/mol. The van der Waals surface area contributed by atoms with Gasteiger partial charge in [-0.25, -0.2) is 9.13 Å². The lowest BCUT2D eigenvalue weighted by atomic mass is 10.2. The quantitative estimate of drug-likeness (QED) is 0.401. The lowest BCUT2D eigenvalue weighted by Gasteiger charge is -2.18. The van der Waals surface area contributed by atoms with E-state index in [1.54, 1.807) is 18.9 Å². The van der Waals surface area contributed by atoms with Crippen LogP contribution >= 0.6 is 23.3 Å². The monoisotopic (exact) mass is 450 g/mol. The van der Waals surface area contributed by atoms with Crippen LogP contribution in [0.3, 0.4) is 0 Å². The second-order valence-electron chi connectivity index (χ2n) is 7.26. The number of methoxy groups -OCH3 is 1. The summed E-state index contributed by atoms with van der Waals surface area (Å²) in [5.41, 5.74) is 4.56. The minimum Gasteiger partial charge on any atom is -0.497 e. The number of nitrogens with zero attached hydrogens (tertiary/aromatic N) is 5. The lowest BCUT2D eigenvalue weighted by molar-refractivity contribution is -0.669. The first-order chi connectivity index (χ1) is 15.2. The van der Waals surface area contributed by atoms with Gasteiger partial charge in [-0.3, -0.25) is 0 Å². The normalized spacial score (nSPS) is 15.1. The summed E-state index contributed by atoms with van der Waals surface area (Å²) in [4.78, 5) is 3.59. The third-order valence-corrected chi connectivity index (χ3v) is 7.55. The number of hydrogen-bond donors (Lipinski definition) is 0. The zero-order valence-electron chi connectivity index (χ0n) is 18.0. The molecule has 0 radical (unpaired) electrons. The molecule has 0 unspecified atom stereocenters. The summed E-state index contributed by atoms with van der Waals surface area (Å²) in [6.45, 7) is 6.14. The summed E-state index contributed by atoms with van der Waals surface area (Å²) in [5.74, 6) is 2.04. The van der Waals surface area contributed by atoms with Gasteiger partial charge in [0, 0.05) is 23.6 Å². The molecule has 5 rings (SSSR count). The Morgan fingerprint density at radius 2 is 2.06 bits per heavy atom. The number of ether oxygens (including phenoxy) is 1. The highest BCUT2D eigenvalue weighted by atomic mass is 32.2. The molecule has 2 aromatic heterocycles. The number of hydrogen-bond acceptors (Lipinski definition) is 6. The molecule has 0 aliphatic carbocycles. The maximum absolute atomic E-state index is 5.42. The molecule has 1 aliphatic heterocycles. The molecule has 0 spiro atoms. The SMILES string of the molecule is CCN1/C(=C/C=C\c2n(C)c3ccc4nnsc4c3[n+]2CC)Sc2ccc(OC)cc21. The topological polar surface area (TPSA) is 47.1 Å². The Morgan fingerprint density at radius 1 is 1.19 bits per heavy atom. The second kappa shape index (κ2) is 8.01. The zero-order chi connectivity index (χ0) is 21.5. The van der Waals surface area contributed by atoms with Gasteiger partial charge in [-0.05, 0) is 55.7 Å². The number of aryl methyl sites for hydroxylation is 2. The molecule has 0 bridgehead atoms. The van der Waals surface area contributed by atoms with E-state index in [2.05, 4.69) is 87.0 Å². The van der Waals surface area contributed by atoms with Crippen molar-refractivity contribution in [2.75, 3.05) is 18.6 Å². The van der Waals surface area contributed by atoms with Crippen LogP contribution in [0.5, 0.6) is 5.75 Å². The van der Waals surface area contributed by atoms with Crippen molar-refractivity contribution in [3.05, 3.63) is 53.3 Å². The van der Waals surface area contributed by atoms with Gasteiger partial charge in [0.2, 0.25) is 0 Å². The standard InChI is InChI=1S/C23H24N5OS2/c1-5-27-18-14-15(29-4)10-13-19(18)30-21(27)9-7-8-20-26(3)17-12-11-16-23(31-25-24-16)22(17)28(20)6-2/h7-14H,5-6H2,1-4H3/q+1. The summed E-state index contributed by atoms with van der Waals surface area (Å²) >= 11 is 3.26. The fourth-order valence-electron chi connectivity index (χ4n) is 4.17. The highest BCUT2D eigenvalue weighted by Crippen LogP contribution is 2.47. The number of fused-ring (bicyclic) bond motifs is 4. The van der Waals surface area contributed by atoms with Gasteiger partial charge in [0.05, 0.1) is 31.4 Å². The highest BCUT2D eigenvalue weighted by Gasteiger charge is 2.25. The van der Waals surface area contributed by atoms with Crippen LogP contribution in [0, 0.1) is 0 Å². The Morgan fingerprint density at radius 3 is 2.84 bits per heavy atom. The Bertz CT molecular complexity index is 1350. The number of imidazole rings is 1. The molecule has 4 aromatic rings. The molecule has 31 heavy (non-hydrogen) atoms. The molecule has 2 aromatic carbocycles. The summed E-state index contributed by atoms with van der Waals surface area (Å²) < 4.78 is 15.3. The van der Waals surface area contributed by atoms with Crippen LogP contribution < -0.4 is 14.2 Å². The van der Waals surface area contributed by atoms with Crippen LogP contribution in [0.25, 0.3) is 27.3 Å². The van der Waals surface area contributed by atoms with Crippen molar-refractivity contribution in [3.8, 4) is 5.75 Å². The van der Waals surface area contributed by atoms with Crippen molar-refractivity contribution in [2.24, 2.45) is 7.05 Å². The zero-order valence-corrected chi connectivity index (χ0v) is 19.6. The van der Waals surface area contributed by atoms with Crippen LogP contribution in [-0.2, 0) is 13.6 Å². The summed E-state index contributed by atoms with van der Waals surface area (Å²) in [7, 11) is 3.83. The van der Waals surface area contributed by atoms with Gasteiger partial charge >= 0.3 is 0 Å². The lowest BCUT2D eigenvalue weighted by Crippen LogP contribution is -2.35. The number of anilines is 1. The van der Waals surface area contributed by atoms with Crippen molar-refractivity contribution in [1.82, 2.24) is 14.2 Å². The van der Waals surface area contributed by atoms with Gasteiger partial charge in [0.25, 0.3) is 5.82 Å². The van der Waals surface area contributed by atoms with Crippen molar-refractivity contribution in [1.29, 1.82) is 0 Å². The molecule has 0 saturated carbocycles. The molecule has 3 heterocycles. The third kappa shape index (κ3) is 3.21. The summed E-state index contributed by atoms with van der Waals surface area (Å²) in [6.07, 6.45) is 6.54. The second-order valence-corrected chi connectivity index (χ2v) is 9.08. The van der Waals surface area contributed by atoms with E-state index < -0.39 is 0 Å². The number of aromatic nitrogens is 4. The van der Waals surface area contributed by atoms with Gasteiger partial charge in [-0.15, -0.1) is 5.10 Å². The van der Waals surface area contributed by atoms with E-state index >= 15 is 0 Å². The molecule has 0 fully saturated rings. The van der Waals surface area contributed by atoms with E-state index in [4.69, 9.17) is 4.74 Å². The Hall–Kier alpha value is -2.84. The molecule has 1 aliphatic rings. The van der Waals surface area contributed by atoms with E-state index in [0.29, 0.717) is 0 Å². The van der Waals surface area contributed by atoms with Gasteiger partial charge in [0.15, 0.2) is 11.0 Å². The van der Waals surface area contributed by atoms with E-state index in [9.17, 15) is 0 Å². The number of benzene rings is 2. The molecule has 8 heteroatoms. The maximum Gasteiger partial charge on any atom is 0.282 e. The van der Waals surface area contributed by atoms with Crippen molar-refractivity contribution in [3.63, 3.8) is 0 Å². The Balaban J connectivity index is 1.53. The summed E-state index contributed by atoms with van der Waals surface area (Å²) in [5, 5.41) is 5.47. The molecular formula is C23H24N5OS2+. The predicted octanol–water partition coefficient (Wildman–Crippen LogP) is 4.99. The molecule has 158 valence electrons. The fourth-order valence-corrected chi connectivity index (χ4v) is 6.00. The van der Waals surface area contributed by atoms with Crippen molar-refractivity contribution < 1.29 is 9.30 Å². The van der Waals surface area contributed by atoms with E-state index in [0.717, 1.165) is 34.9 Å². The molecular weight excluding hydrogens is 426 g/mol. The number of allylic oxidation sites excluding steroid dienone is 2. The first-order valence-corrected chi connectivity index (χ1v) is 11.9. The molecule has 6 nitrogen and oxygen atoms in total. The van der Waals surface area contributed by atoms with E-state index in [1.807, 2.05) is 6.07 Å². The highest BCUT2D eigenvalue weighted by molar-refractivity contribution is 8.03. The van der Waals surface area contributed by atoms with E-state index in [-0.39, 0.29) is 0 Å². The summed E-state index contributed by atoms with van der Waals surface area (Å²) in [6, 6.07) is 10.5. The molecule has 0 saturated heterocycles. The minimum atomic E-state index is 0.881. The largest absolute Gasteiger partial charge is 0.497 e. The minimum absolute atomic E-state index is 0.881. The van der Waals surface area contributed by atoms with E-state index in [1.165, 1.54) is 38.2 Å². The fraction of sp³-hybridized carbons (Fsp3) is 0.261. The third-order valence-electron chi connectivity index (χ3n) is 5.68. The average Bonchev–Trinajstić information content (AvgIpc) is 3.47. The molecule has 0 amide bonds. The van der Waals surface area contributed by atoms with Gasteiger partial charge < -0.3 is 9.64 Å². The Kier molecular flexibility index (Phi) is 5.19. The first-order valence-electron chi connectivity index (χ1n) is 10.3. The van der Waals surface area contributed by atoms with Crippen molar-refractivity contribution in [2.45, 2.75) is 25.3 Å². The first kappa shape index (κ1) is 20.1. The van der Waals surface area contributed by atoms with Gasteiger partial charge in [0.1, 0.15) is 16.0 Å².